The van der Waals surface area contributed by atoms with Gasteiger partial charge in [-0.25, -0.2) is 4.99 Å². The van der Waals surface area contributed by atoms with E-state index in [1.54, 1.807) is 0 Å². The number of hydrogen-bond donors (Lipinski definition) is 3. The van der Waals surface area contributed by atoms with Crippen molar-refractivity contribution in [1.29, 1.82) is 0 Å². The Kier molecular flexibility index (Phi) is 7.08. The zero-order chi connectivity index (χ0) is 19.1. The number of benzene rings is 1. The van der Waals surface area contributed by atoms with Gasteiger partial charge in [-0.05, 0) is 17.7 Å². The Balaban J connectivity index is 2.36. The van der Waals surface area contributed by atoms with E-state index in [2.05, 4.69) is 20.4 Å². The highest BCUT2D eigenvalue weighted by atomic mass is 19.4. The molecule has 1 aromatic carbocycles. The summed E-state index contributed by atoms with van der Waals surface area (Å²) in [6.45, 7) is 6.47. The molecule has 0 atom stereocenters. The number of aliphatic imine (C=N–C) groups is 1. The minimum Gasteiger partial charge on any atom is -0.406 e. The molecular weight excluding hydrogens is 337 g/mol. The summed E-state index contributed by atoms with van der Waals surface area (Å²) in [7, 11) is 0. The first-order valence-electron chi connectivity index (χ1n) is 7.64. The van der Waals surface area contributed by atoms with Gasteiger partial charge in [-0.1, -0.05) is 32.9 Å². The van der Waals surface area contributed by atoms with Crippen LogP contribution in [-0.4, -0.2) is 31.3 Å². The maximum atomic E-state index is 12.1. The van der Waals surface area contributed by atoms with Crippen LogP contribution in [0.5, 0.6) is 5.75 Å². The van der Waals surface area contributed by atoms with Crippen molar-refractivity contribution in [3.05, 3.63) is 29.8 Å². The highest BCUT2D eigenvalue weighted by Crippen LogP contribution is 2.22. The molecule has 0 fully saturated rings. The molecular formula is C16H23F3N4O2. The van der Waals surface area contributed by atoms with Crippen molar-refractivity contribution < 1.29 is 22.7 Å². The highest BCUT2D eigenvalue weighted by Gasteiger charge is 2.30. The van der Waals surface area contributed by atoms with Crippen molar-refractivity contribution >= 4 is 11.9 Å². The molecule has 0 heterocycles. The zero-order valence-corrected chi connectivity index (χ0v) is 14.4. The fourth-order valence-electron chi connectivity index (χ4n) is 1.66. The molecule has 0 aliphatic rings. The highest BCUT2D eigenvalue weighted by molar-refractivity contribution is 5.81. The molecule has 0 radical (unpaired) electrons. The van der Waals surface area contributed by atoms with Gasteiger partial charge in [0.1, 0.15) is 5.75 Å². The number of guanidine groups is 1. The minimum atomic E-state index is -4.71. The molecule has 9 heteroatoms. The molecule has 0 aromatic heterocycles. The second kappa shape index (κ2) is 8.59. The van der Waals surface area contributed by atoms with E-state index in [9.17, 15) is 18.0 Å². The van der Waals surface area contributed by atoms with Crippen molar-refractivity contribution in [2.24, 2.45) is 16.1 Å². The van der Waals surface area contributed by atoms with Gasteiger partial charge in [0, 0.05) is 18.5 Å². The number of amides is 1. The average Bonchev–Trinajstić information content (AvgIpc) is 2.48. The molecule has 0 aliphatic carbocycles. The Hall–Kier alpha value is -2.45. The average molecular weight is 360 g/mol. The number of halogens is 3. The maximum Gasteiger partial charge on any atom is 0.573 e. The van der Waals surface area contributed by atoms with E-state index in [0.29, 0.717) is 18.7 Å². The largest absolute Gasteiger partial charge is 0.573 e. The number of rotatable bonds is 6. The number of nitrogens with zero attached hydrogens (tertiary/aromatic N) is 1. The van der Waals surface area contributed by atoms with Gasteiger partial charge in [-0.2, -0.15) is 0 Å². The molecule has 1 amide bonds. The lowest BCUT2D eigenvalue weighted by Crippen LogP contribution is -2.41. The molecule has 1 aromatic rings. The van der Waals surface area contributed by atoms with Crippen LogP contribution in [0, 0.1) is 5.41 Å². The second-order valence-corrected chi connectivity index (χ2v) is 6.33. The summed E-state index contributed by atoms with van der Waals surface area (Å²) in [5.41, 5.74) is 5.91. The van der Waals surface area contributed by atoms with E-state index in [0.717, 1.165) is 0 Å². The Morgan fingerprint density at radius 1 is 1.12 bits per heavy atom. The number of hydrogen-bond acceptors (Lipinski definition) is 3. The summed E-state index contributed by atoms with van der Waals surface area (Å²) >= 11 is 0. The maximum absolute atomic E-state index is 12.1. The van der Waals surface area contributed by atoms with Gasteiger partial charge in [0.05, 0.1) is 6.54 Å². The van der Waals surface area contributed by atoms with E-state index in [1.807, 2.05) is 20.8 Å². The van der Waals surface area contributed by atoms with Crippen LogP contribution < -0.4 is 21.1 Å². The molecule has 0 saturated heterocycles. The normalized spacial score (nSPS) is 12.6. The lowest BCUT2D eigenvalue weighted by molar-refractivity contribution is -0.274. The van der Waals surface area contributed by atoms with Crippen LogP contribution in [0.1, 0.15) is 26.3 Å². The van der Waals surface area contributed by atoms with E-state index in [1.165, 1.54) is 24.3 Å². The first kappa shape index (κ1) is 20.6. The SMILES string of the molecule is CC(C)(C)C(=O)NCCNC(N)=NCc1ccc(OC(F)(F)F)cc1. The quantitative estimate of drug-likeness (QED) is 0.412. The fraction of sp³-hybridized carbons (Fsp3) is 0.500. The molecule has 25 heavy (non-hydrogen) atoms. The van der Waals surface area contributed by atoms with Crippen molar-refractivity contribution in [3.63, 3.8) is 0 Å². The standard InChI is InChI=1S/C16H23F3N4O2/c1-15(2,3)13(24)21-8-9-22-14(20)23-10-11-4-6-12(7-5-11)25-16(17,18)19/h4-7H,8-10H2,1-3H3,(H,21,24)(H3,20,22,23). The Bertz CT molecular complexity index is 593. The molecule has 4 N–H and O–H groups in total. The van der Waals surface area contributed by atoms with Crippen LogP contribution in [-0.2, 0) is 11.3 Å². The smallest absolute Gasteiger partial charge is 0.406 e. The monoisotopic (exact) mass is 360 g/mol. The number of carbonyl (C=O) groups is 1. The van der Waals surface area contributed by atoms with E-state index < -0.39 is 11.8 Å². The predicted octanol–water partition coefficient (Wildman–Crippen LogP) is 2.15. The van der Waals surface area contributed by atoms with Gasteiger partial charge in [0.15, 0.2) is 5.96 Å². The van der Waals surface area contributed by atoms with E-state index >= 15 is 0 Å². The van der Waals surface area contributed by atoms with Gasteiger partial charge in [0.2, 0.25) is 5.91 Å². The lowest BCUT2D eigenvalue weighted by Gasteiger charge is -2.17. The molecule has 0 spiro atoms. The van der Waals surface area contributed by atoms with Crippen molar-refractivity contribution in [2.45, 2.75) is 33.7 Å². The number of ether oxygens (including phenoxy) is 1. The molecule has 6 nitrogen and oxygen atoms in total. The summed E-state index contributed by atoms with van der Waals surface area (Å²) in [6.07, 6.45) is -4.71. The van der Waals surface area contributed by atoms with E-state index in [-0.39, 0.29) is 24.2 Å². The molecule has 1 rings (SSSR count). The zero-order valence-electron chi connectivity index (χ0n) is 14.4. The molecule has 0 saturated carbocycles. The number of nitrogens with two attached hydrogens (primary N) is 1. The predicted molar refractivity (Wildman–Crippen MR) is 88.9 cm³/mol. The van der Waals surface area contributed by atoms with Gasteiger partial charge >= 0.3 is 6.36 Å². The number of alkyl halides is 3. The molecule has 140 valence electrons. The first-order chi connectivity index (χ1) is 11.5. The van der Waals surface area contributed by atoms with Crippen LogP contribution in [0.3, 0.4) is 0 Å². The third-order valence-corrected chi connectivity index (χ3v) is 2.99. The molecule has 0 bridgehead atoms. The summed E-state index contributed by atoms with van der Waals surface area (Å²) in [6, 6.07) is 5.37. The van der Waals surface area contributed by atoms with Crippen LogP contribution >= 0.6 is 0 Å². The summed E-state index contributed by atoms with van der Waals surface area (Å²) < 4.78 is 40.0. The van der Waals surface area contributed by atoms with Gasteiger partial charge in [0.25, 0.3) is 0 Å². The third kappa shape index (κ3) is 8.83. The van der Waals surface area contributed by atoms with Gasteiger partial charge in [-0.15, -0.1) is 13.2 Å². The Morgan fingerprint density at radius 3 is 2.20 bits per heavy atom. The van der Waals surface area contributed by atoms with Crippen LogP contribution in [0.4, 0.5) is 13.2 Å². The Labute approximate surface area is 144 Å². The second-order valence-electron chi connectivity index (χ2n) is 6.33. The summed E-state index contributed by atoms with van der Waals surface area (Å²) in [4.78, 5) is 15.7. The topological polar surface area (TPSA) is 88.7 Å². The number of nitrogens with one attached hydrogen (secondary N) is 2. The van der Waals surface area contributed by atoms with Gasteiger partial charge < -0.3 is 21.1 Å². The number of carbonyl (C=O) groups excluding carboxylic acids is 1. The van der Waals surface area contributed by atoms with Crippen LogP contribution in [0.25, 0.3) is 0 Å². The lowest BCUT2D eigenvalue weighted by atomic mass is 9.96. The fourth-order valence-corrected chi connectivity index (χ4v) is 1.66. The van der Waals surface area contributed by atoms with Crippen LogP contribution in [0.2, 0.25) is 0 Å². The van der Waals surface area contributed by atoms with E-state index in [4.69, 9.17) is 5.73 Å². The van der Waals surface area contributed by atoms with Crippen molar-refractivity contribution in [3.8, 4) is 5.75 Å². The Morgan fingerprint density at radius 2 is 1.68 bits per heavy atom. The summed E-state index contributed by atoms with van der Waals surface area (Å²) in [5, 5.41) is 5.60. The molecule has 0 aliphatic heterocycles. The van der Waals surface area contributed by atoms with Gasteiger partial charge in [-0.3, -0.25) is 4.79 Å². The van der Waals surface area contributed by atoms with Crippen LogP contribution in [0.15, 0.2) is 29.3 Å². The van der Waals surface area contributed by atoms with Crippen molar-refractivity contribution in [1.82, 2.24) is 10.6 Å². The van der Waals surface area contributed by atoms with Crippen molar-refractivity contribution in [2.75, 3.05) is 13.1 Å². The first-order valence-corrected chi connectivity index (χ1v) is 7.64. The summed E-state index contributed by atoms with van der Waals surface area (Å²) in [5.74, 6) is -0.174. The minimum absolute atomic E-state index is 0.0639. The molecule has 0 unspecified atom stereocenters. The third-order valence-electron chi connectivity index (χ3n) is 2.99.